The first-order valence-electron chi connectivity index (χ1n) is 6.75. The summed E-state index contributed by atoms with van der Waals surface area (Å²) in [4.78, 5) is 14.1. The van der Waals surface area contributed by atoms with Gasteiger partial charge >= 0.3 is 5.97 Å². The summed E-state index contributed by atoms with van der Waals surface area (Å²) in [6, 6.07) is 8.87. The predicted octanol–water partition coefficient (Wildman–Crippen LogP) is 1.59. The first kappa shape index (κ1) is 17.0. The van der Waals surface area contributed by atoms with E-state index >= 15 is 0 Å². The van der Waals surface area contributed by atoms with Crippen molar-refractivity contribution in [1.82, 2.24) is 9.71 Å². The van der Waals surface area contributed by atoms with Crippen molar-refractivity contribution in [3.05, 3.63) is 60.2 Å². The molecule has 2 aromatic rings. The molecule has 6 nitrogen and oxygen atoms in total. The number of hydrogen-bond acceptors (Lipinski definition) is 4. The fourth-order valence-corrected chi connectivity index (χ4v) is 3.30. The van der Waals surface area contributed by atoms with Gasteiger partial charge in [0, 0.05) is 12.2 Å². The van der Waals surface area contributed by atoms with Crippen LogP contribution in [-0.2, 0) is 21.2 Å². The lowest BCUT2D eigenvalue weighted by molar-refractivity contribution is -0.137. The summed E-state index contributed by atoms with van der Waals surface area (Å²) in [5.41, 5.74) is 0.791. The number of pyridine rings is 1. The van der Waals surface area contributed by atoms with E-state index in [9.17, 15) is 17.6 Å². The summed E-state index contributed by atoms with van der Waals surface area (Å²) in [6.07, 6.45) is 1.70. The highest BCUT2D eigenvalue weighted by atomic mass is 32.2. The second kappa shape index (κ2) is 7.30. The van der Waals surface area contributed by atoms with Crippen molar-refractivity contribution in [1.29, 1.82) is 0 Å². The van der Waals surface area contributed by atoms with Crippen LogP contribution in [0, 0.1) is 5.82 Å². The predicted molar refractivity (Wildman–Crippen MR) is 80.7 cm³/mol. The number of sulfonamides is 1. The Balaban J connectivity index is 2.21. The van der Waals surface area contributed by atoms with Crippen LogP contribution in [0.5, 0.6) is 0 Å². The molecule has 1 unspecified atom stereocenters. The zero-order chi connectivity index (χ0) is 16.9. The third-order valence-electron chi connectivity index (χ3n) is 3.06. The van der Waals surface area contributed by atoms with Crippen molar-refractivity contribution in [3.8, 4) is 0 Å². The van der Waals surface area contributed by atoms with E-state index in [0.29, 0.717) is 0 Å². The van der Waals surface area contributed by atoms with E-state index in [1.54, 1.807) is 30.3 Å². The Bertz CT molecular complexity index is 781. The average Bonchev–Trinajstić information content (AvgIpc) is 2.47. The van der Waals surface area contributed by atoms with Gasteiger partial charge in [0.2, 0.25) is 10.0 Å². The lowest BCUT2D eigenvalue weighted by Gasteiger charge is -2.17. The monoisotopic (exact) mass is 338 g/mol. The third-order valence-corrected chi connectivity index (χ3v) is 4.55. The summed E-state index contributed by atoms with van der Waals surface area (Å²) < 4.78 is 40.0. The normalized spacial score (nSPS) is 12.7. The summed E-state index contributed by atoms with van der Waals surface area (Å²) in [7, 11) is -4.06. The van der Waals surface area contributed by atoms with E-state index in [-0.39, 0.29) is 11.3 Å². The van der Waals surface area contributed by atoms with Crippen molar-refractivity contribution >= 4 is 16.0 Å². The number of aliphatic carboxylic acids is 1. The molecule has 1 aromatic carbocycles. The number of carbonyl (C=O) groups is 1. The topological polar surface area (TPSA) is 96.4 Å². The minimum atomic E-state index is -4.06. The van der Waals surface area contributed by atoms with E-state index in [2.05, 4.69) is 9.71 Å². The summed E-state index contributed by atoms with van der Waals surface area (Å²) >= 11 is 0. The molecule has 0 aliphatic heterocycles. The van der Waals surface area contributed by atoms with Gasteiger partial charge in [0.05, 0.1) is 12.6 Å². The van der Waals surface area contributed by atoms with Crippen molar-refractivity contribution < 1.29 is 22.7 Å². The van der Waals surface area contributed by atoms with E-state index in [0.717, 1.165) is 24.0 Å². The smallest absolute Gasteiger partial charge is 0.304 e. The zero-order valence-electron chi connectivity index (χ0n) is 12.0. The molecule has 122 valence electrons. The van der Waals surface area contributed by atoms with E-state index in [4.69, 9.17) is 5.11 Å². The lowest BCUT2D eigenvalue weighted by atomic mass is 10.0. The fourth-order valence-electron chi connectivity index (χ4n) is 2.09. The summed E-state index contributed by atoms with van der Waals surface area (Å²) in [5.74, 6) is -1.92. The van der Waals surface area contributed by atoms with Crippen LogP contribution in [0.4, 0.5) is 4.39 Å². The number of hydrogen-bond donors (Lipinski definition) is 2. The van der Waals surface area contributed by atoms with Crippen molar-refractivity contribution in [2.75, 3.05) is 0 Å². The largest absolute Gasteiger partial charge is 0.481 e. The third kappa shape index (κ3) is 5.11. The van der Waals surface area contributed by atoms with Gasteiger partial charge in [0.15, 0.2) is 0 Å². The van der Waals surface area contributed by atoms with Gasteiger partial charge < -0.3 is 5.11 Å². The number of benzene rings is 1. The number of carboxylic acids is 1. The Morgan fingerprint density at radius 2 is 1.96 bits per heavy atom. The lowest BCUT2D eigenvalue weighted by Crippen LogP contribution is -2.38. The molecule has 0 amide bonds. The molecule has 0 aliphatic carbocycles. The number of nitrogens with one attached hydrogen (secondary N) is 1. The highest BCUT2D eigenvalue weighted by Crippen LogP contribution is 2.13. The molecule has 1 atom stereocenters. The van der Waals surface area contributed by atoms with Crippen LogP contribution in [0.3, 0.4) is 0 Å². The maximum Gasteiger partial charge on any atom is 0.304 e. The van der Waals surface area contributed by atoms with Crippen LogP contribution in [0.25, 0.3) is 0 Å². The second-order valence-electron chi connectivity index (χ2n) is 4.94. The van der Waals surface area contributed by atoms with E-state index in [1.807, 2.05) is 0 Å². The minimum Gasteiger partial charge on any atom is -0.481 e. The number of rotatable bonds is 7. The van der Waals surface area contributed by atoms with Crippen LogP contribution < -0.4 is 4.72 Å². The van der Waals surface area contributed by atoms with Crippen LogP contribution >= 0.6 is 0 Å². The van der Waals surface area contributed by atoms with Crippen LogP contribution in [0.2, 0.25) is 0 Å². The molecule has 0 bridgehead atoms. The molecule has 1 heterocycles. The molecule has 8 heteroatoms. The Kier molecular flexibility index (Phi) is 5.41. The van der Waals surface area contributed by atoms with E-state index < -0.39 is 34.3 Å². The van der Waals surface area contributed by atoms with Gasteiger partial charge in [-0.2, -0.15) is 0 Å². The number of halogens is 1. The van der Waals surface area contributed by atoms with E-state index in [1.165, 1.54) is 0 Å². The Labute approximate surface area is 133 Å². The number of nitrogens with zero attached hydrogens (tertiary/aromatic N) is 1. The van der Waals surface area contributed by atoms with Crippen molar-refractivity contribution in [2.45, 2.75) is 23.8 Å². The molecule has 0 radical (unpaired) electrons. The van der Waals surface area contributed by atoms with Crippen LogP contribution in [0.1, 0.15) is 12.0 Å². The standard InChI is InChI=1S/C15H15FN2O4S/c16-12-7-14(10-17-9-12)23(21,22)18-13(8-15(19)20)6-11-4-2-1-3-5-11/h1-5,7,9-10,13,18H,6,8H2,(H,19,20). The highest BCUT2D eigenvalue weighted by Gasteiger charge is 2.23. The first-order chi connectivity index (χ1) is 10.9. The summed E-state index contributed by atoms with van der Waals surface area (Å²) in [5, 5.41) is 8.97. The van der Waals surface area contributed by atoms with Gasteiger partial charge in [0.1, 0.15) is 10.7 Å². The molecular weight excluding hydrogens is 323 g/mol. The second-order valence-corrected chi connectivity index (χ2v) is 6.66. The SMILES string of the molecule is O=C(O)CC(Cc1ccccc1)NS(=O)(=O)c1cncc(F)c1. The Morgan fingerprint density at radius 1 is 1.26 bits per heavy atom. The van der Waals surface area contributed by atoms with Crippen LogP contribution in [-0.4, -0.2) is 30.5 Å². The quantitative estimate of drug-likeness (QED) is 0.799. The van der Waals surface area contributed by atoms with Gasteiger partial charge in [-0.05, 0) is 18.1 Å². The Hall–Kier alpha value is -2.32. The molecule has 0 saturated carbocycles. The molecular formula is C15H15FN2O4S. The molecule has 0 fully saturated rings. The molecule has 0 spiro atoms. The van der Waals surface area contributed by atoms with Gasteiger partial charge in [-0.15, -0.1) is 0 Å². The minimum absolute atomic E-state index is 0.203. The molecule has 1 aromatic heterocycles. The molecule has 0 saturated heterocycles. The maximum absolute atomic E-state index is 13.1. The molecule has 2 N–H and O–H groups in total. The zero-order valence-corrected chi connectivity index (χ0v) is 12.8. The average molecular weight is 338 g/mol. The van der Waals surface area contributed by atoms with Crippen LogP contribution in [0.15, 0.2) is 53.7 Å². The van der Waals surface area contributed by atoms with Crippen molar-refractivity contribution in [3.63, 3.8) is 0 Å². The molecule has 0 aliphatic rings. The Morgan fingerprint density at radius 3 is 2.57 bits per heavy atom. The highest BCUT2D eigenvalue weighted by molar-refractivity contribution is 7.89. The van der Waals surface area contributed by atoms with Gasteiger partial charge in [0.25, 0.3) is 0 Å². The number of aromatic nitrogens is 1. The molecule has 23 heavy (non-hydrogen) atoms. The van der Waals surface area contributed by atoms with Gasteiger partial charge in [-0.1, -0.05) is 30.3 Å². The maximum atomic E-state index is 13.1. The van der Waals surface area contributed by atoms with Gasteiger partial charge in [-0.25, -0.2) is 17.5 Å². The fraction of sp³-hybridized carbons (Fsp3) is 0.200. The molecule has 2 rings (SSSR count). The number of carboxylic acid groups (broad SMARTS) is 1. The van der Waals surface area contributed by atoms with Crippen molar-refractivity contribution in [2.24, 2.45) is 0 Å². The van der Waals surface area contributed by atoms with Gasteiger partial charge in [-0.3, -0.25) is 9.78 Å². The summed E-state index contributed by atoms with van der Waals surface area (Å²) in [6.45, 7) is 0. The first-order valence-corrected chi connectivity index (χ1v) is 8.24.